The number of aromatic nitrogens is 2. The first-order chi connectivity index (χ1) is 32.9. The first-order valence-electron chi connectivity index (χ1n) is 20.6. The average molecular weight is 974 g/mol. The number of ether oxygens (including phenoxy) is 5. The summed E-state index contributed by atoms with van der Waals surface area (Å²) in [6, 6.07) is 27.2. The maximum absolute atomic E-state index is 14.0. The van der Waals surface area contributed by atoms with E-state index in [9.17, 15) is 18.0 Å². The van der Waals surface area contributed by atoms with Crippen LogP contribution in [0.1, 0.15) is 47.5 Å². The molecule has 1 aromatic heterocycles. The van der Waals surface area contributed by atoms with Crippen LogP contribution < -0.4 is 19.9 Å². The van der Waals surface area contributed by atoms with Gasteiger partial charge in [0.05, 0.1) is 48.8 Å². The fourth-order valence-electron chi connectivity index (χ4n) is 6.13. The van der Waals surface area contributed by atoms with Gasteiger partial charge in [0.15, 0.2) is 23.1 Å². The zero-order valence-electron chi connectivity index (χ0n) is 37.6. The summed E-state index contributed by atoms with van der Waals surface area (Å²) in [5, 5.41) is 34.5. The fraction of sp³-hybridized carbons (Fsp3) is 0.239. The van der Waals surface area contributed by atoms with E-state index in [0.29, 0.717) is 27.8 Å². The van der Waals surface area contributed by atoms with Crippen LogP contribution in [0.2, 0.25) is 0 Å². The summed E-state index contributed by atoms with van der Waals surface area (Å²) < 4.78 is 59.0. The van der Waals surface area contributed by atoms with E-state index in [2.05, 4.69) is 35.9 Å². The Morgan fingerprint density at radius 1 is 0.739 bits per heavy atom. The molecule has 5 aromatic rings. The summed E-state index contributed by atoms with van der Waals surface area (Å²) in [6.07, 6.45) is 2.68. The van der Waals surface area contributed by atoms with Gasteiger partial charge < -0.3 is 29.4 Å². The Kier molecular flexibility index (Phi) is 19.2. The van der Waals surface area contributed by atoms with Gasteiger partial charge >= 0.3 is 11.9 Å². The topological polar surface area (TPSA) is 296 Å². The molecule has 0 spiro atoms. The lowest BCUT2D eigenvalue weighted by atomic mass is 9.86. The molecule has 0 atom stereocenters. The number of esters is 2. The van der Waals surface area contributed by atoms with Crippen LogP contribution in [-0.4, -0.2) is 94.8 Å². The van der Waals surface area contributed by atoms with Crippen molar-refractivity contribution in [1.29, 1.82) is 0 Å². The number of nitrogens with two attached hydrogens (primary N) is 1. The zero-order valence-corrected chi connectivity index (χ0v) is 38.4. The Labute approximate surface area is 396 Å². The minimum atomic E-state index is -4.47. The molecule has 0 saturated carbocycles. The molecule has 0 amide bonds. The molecule has 1 heterocycles. The molecule has 0 radical (unpaired) electrons. The molecule has 23 heteroatoms. The highest BCUT2D eigenvalue weighted by molar-refractivity contribution is 7.89. The molecule has 4 aromatic carbocycles. The van der Waals surface area contributed by atoms with E-state index < -0.39 is 55.6 Å². The average Bonchev–Trinajstić information content (AvgIpc) is 3.32. The lowest BCUT2D eigenvalue weighted by Gasteiger charge is -2.25. The Balaban J connectivity index is 1.35. The third kappa shape index (κ3) is 16.8. The number of carbonyl (C=O) groups excluding carboxylic acids is 2. The quantitative estimate of drug-likeness (QED) is 0.0113. The summed E-state index contributed by atoms with van der Waals surface area (Å²) >= 11 is 0. The number of para-hydroxylation sites is 2. The number of aliphatic imine (C=N–C) groups is 1. The Hall–Kier alpha value is -7.32. The van der Waals surface area contributed by atoms with Crippen molar-refractivity contribution < 1.29 is 72.2 Å². The number of hydrogen-bond donors (Lipinski definition) is 6. The van der Waals surface area contributed by atoms with Crippen molar-refractivity contribution in [3.05, 3.63) is 167 Å². The highest BCUT2D eigenvalue weighted by Gasteiger charge is 2.27. The smallest absolute Gasteiger partial charge is 0.310 e. The number of benzene rings is 4. The number of rotatable bonds is 25. The number of sulfonamides is 1. The monoisotopic (exact) mass is 973 g/mol. The number of methoxy groups -OCH3 is 1. The summed E-state index contributed by atoms with van der Waals surface area (Å²) in [7, 11) is -3.07. The first kappa shape index (κ1) is 52.6. The van der Waals surface area contributed by atoms with Crippen LogP contribution in [0.3, 0.4) is 0 Å². The molecule has 0 unspecified atom stereocenters. The molecule has 0 aliphatic heterocycles. The third-order valence-electron chi connectivity index (χ3n) is 9.52. The van der Waals surface area contributed by atoms with Gasteiger partial charge in [0, 0.05) is 17.8 Å². The molecule has 22 nitrogen and oxygen atoms in total. The molecule has 0 saturated heterocycles. The van der Waals surface area contributed by atoms with Crippen LogP contribution in [0, 0.1) is 0 Å². The second kappa shape index (κ2) is 25.2. The van der Waals surface area contributed by atoms with E-state index in [0.717, 1.165) is 0 Å². The maximum Gasteiger partial charge on any atom is 0.310 e. The SMILES string of the molecule is C=C(/N=C(OCCOC(=O)Cc1cccc(CON(O)O)c1)\C(Oc1ccccc1OC)=C(/N)NS(=O)(=O)c1ccc(C(C)(C)COC(=O)Cc2cccc(CON(O)O)c2)cc1)c1ncccn1. The van der Waals surface area contributed by atoms with Crippen LogP contribution in [0.25, 0.3) is 5.70 Å². The molecule has 366 valence electrons. The van der Waals surface area contributed by atoms with E-state index in [-0.39, 0.29) is 73.8 Å². The number of hydrogen-bond acceptors (Lipinski definition) is 21. The molecular formula is C46H51N7O15S. The van der Waals surface area contributed by atoms with Crippen LogP contribution in [0.5, 0.6) is 11.5 Å². The Morgan fingerprint density at radius 3 is 1.84 bits per heavy atom. The second-order valence-corrected chi connectivity index (χ2v) is 16.9. The normalized spacial score (nSPS) is 12.3. The minimum absolute atomic E-state index is 0.0452. The van der Waals surface area contributed by atoms with Crippen molar-refractivity contribution in [2.75, 3.05) is 26.9 Å². The van der Waals surface area contributed by atoms with E-state index in [4.69, 9.17) is 50.2 Å². The van der Waals surface area contributed by atoms with Crippen molar-refractivity contribution in [2.45, 2.75) is 50.2 Å². The lowest BCUT2D eigenvalue weighted by molar-refractivity contribution is -0.497. The van der Waals surface area contributed by atoms with Crippen LogP contribution in [-0.2, 0) is 75.0 Å². The van der Waals surface area contributed by atoms with Crippen LogP contribution in [0.15, 0.2) is 144 Å². The van der Waals surface area contributed by atoms with E-state index in [1.54, 1.807) is 84.9 Å². The van der Waals surface area contributed by atoms with Crippen molar-refractivity contribution >= 4 is 33.6 Å². The fourth-order valence-corrected chi connectivity index (χ4v) is 7.12. The lowest BCUT2D eigenvalue weighted by Crippen LogP contribution is -2.33. The van der Waals surface area contributed by atoms with Gasteiger partial charge in [-0.25, -0.2) is 33.1 Å². The van der Waals surface area contributed by atoms with Crippen LogP contribution in [0.4, 0.5) is 0 Å². The third-order valence-corrected chi connectivity index (χ3v) is 10.9. The van der Waals surface area contributed by atoms with Gasteiger partial charge in [0.25, 0.3) is 15.9 Å². The summed E-state index contributed by atoms with van der Waals surface area (Å²) in [5.74, 6) is -2.24. The maximum atomic E-state index is 14.0. The molecule has 5 rings (SSSR count). The molecule has 69 heavy (non-hydrogen) atoms. The predicted molar refractivity (Wildman–Crippen MR) is 242 cm³/mol. The molecule has 0 aliphatic rings. The largest absolute Gasteiger partial charge is 0.493 e. The van der Waals surface area contributed by atoms with Crippen molar-refractivity contribution in [2.24, 2.45) is 10.7 Å². The van der Waals surface area contributed by atoms with Gasteiger partial charge in [-0.3, -0.25) is 35.1 Å². The zero-order chi connectivity index (χ0) is 50.0. The van der Waals surface area contributed by atoms with Crippen molar-refractivity contribution in [1.82, 2.24) is 25.5 Å². The van der Waals surface area contributed by atoms with Crippen LogP contribution >= 0.6 is 0 Å². The molecule has 0 aliphatic carbocycles. The van der Waals surface area contributed by atoms with Crippen molar-refractivity contribution in [3.8, 4) is 11.5 Å². The van der Waals surface area contributed by atoms with Gasteiger partial charge in [-0.15, -0.1) is 0 Å². The van der Waals surface area contributed by atoms with Gasteiger partial charge in [0.2, 0.25) is 5.76 Å². The molecular weight excluding hydrogens is 923 g/mol. The van der Waals surface area contributed by atoms with E-state index in [1.807, 2.05) is 13.8 Å². The van der Waals surface area contributed by atoms with E-state index >= 15 is 0 Å². The highest BCUT2D eigenvalue weighted by atomic mass is 32.2. The van der Waals surface area contributed by atoms with E-state index in [1.165, 1.54) is 37.7 Å². The number of carbonyl (C=O) groups is 2. The van der Waals surface area contributed by atoms with Gasteiger partial charge in [-0.1, -0.05) is 93.2 Å². The standard InChI is InChI=1S/C46H51N7O15S/c1-31(44-48-20-9-21-49-44)50-45(64-23-22-63-40(54)26-32-10-7-12-34(24-32)28-66-52(56)57)42(68-39-15-6-5-14-38(39)62-4)43(47)51-69(60,61)37-18-16-36(17-19-37)46(2,3)30-65-41(55)27-33-11-8-13-35(25-33)29-67-53(58)59/h5-21,24-25,51,56-59H,1,22-23,26-30,47H2,2-4H3/b43-42-,50-45+. The summed E-state index contributed by atoms with van der Waals surface area (Å²) in [5.41, 5.74) is 8.66. The second-order valence-electron chi connectivity index (χ2n) is 15.2. The molecule has 0 fully saturated rings. The number of nitrogens with one attached hydrogen (secondary N) is 1. The predicted octanol–water partition coefficient (Wildman–Crippen LogP) is 4.93. The van der Waals surface area contributed by atoms with Gasteiger partial charge in [-0.05, 0) is 58.1 Å². The summed E-state index contributed by atoms with van der Waals surface area (Å²) in [6.45, 7) is 6.52. The first-order valence-corrected chi connectivity index (χ1v) is 22.1. The summed E-state index contributed by atoms with van der Waals surface area (Å²) in [4.78, 5) is 47.5. The highest BCUT2D eigenvalue weighted by Crippen LogP contribution is 2.30. The van der Waals surface area contributed by atoms with Crippen molar-refractivity contribution in [3.63, 3.8) is 0 Å². The minimum Gasteiger partial charge on any atom is -0.493 e. The Bertz CT molecular complexity index is 2700. The van der Waals surface area contributed by atoms with Gasteiger partial charge in [0.1, 0.15) is 25.5 Å². The Morgan fingerprint density at radius 2 is 1.28 bits per heavy atom. The molecule has 7 N–H and O–H groups in total. The van der Waals surface area contributed by atoms with Gasteiger partial charge in [-0.2, -0.15) is 0 Å². The number of nitrogens with zero attached hydrogens (tertiary/aromatic N) is 5. The molecule has 0 bridgehead atoms.